The molecule has 0 aliphatic carbocycles. The summed E-state index contributed by atoms with van der Waals surface area (Å²) >= 11 is 0. The van der Waals surface area contributed by atoms with Crippen LogP contribution in [0.15, 0.2) is 42.5 Å². The number of para-hydroxylation sites is 1. The van der Waals surface area contributed by atoms with Gasteiger partial charge >= 0.3 is 0 Å². The van der Waals surface area contributed by atoms with Crippen LogP contribution in [0.2, 0.25) is 0 Å². The minimum Gasteiger partial charge on any atom is -0.385 e. The molecule has 98 valence electrons. The van der Waals surface area contributed by atoms with Crippen molar-refractivity contribution in [2.45, 2.75) is 0 Å². The smallest absolute Gasteiger partial charge is 0.257 e. The van der Waals surface area contributed by atoms with E-state index in [-0.39, 0.29) is 11.3 Å². The van der Waals surface area contributed by atoms with Gasteiger partial charge in [-0.25, -0.2) is 8.78 Å². The van der Waals surface area contributed by atoms with Crippen LogP contribution in [0.4, 0.5) is 20.2 Å². The van der Waals surface area contributed by atoms with Crippen LogP contribution in [0.25, 0.3) is 0 Å². The van der Waals surface area contributed by atoms with Crippen molar-refractivity contribution in [1.82, 2.24) is 0 Å². The number of amides is 1. The Morgan fingerprint density at radius 2 is 1.84 bits per heavy atom. The highest BCUT2D eigenvalue weighted by molar-refractivity contribution is 6.08. The molecular weight excluding hydrogens is 250 g/mol. The van der Waals surface area contributed by atoms with Crippen LogP contribution in [0.5, 0.6) is 0 Å². The van der Waals surface area contributed by atoms with E-state index in [0.717, 1.165) is 0 Å². The number of benzene rings is 2. The summed E-state index contributed by atoms with van der Waals surface area (Å²) in [5.74, 6) is -1.48. The molecule has 0 spiro atoms. The van der Waals surface area contributed by atoms with Crippen molar-refractivity contribution < 1.29 is 13.6 Å². The second kappa shape index (κ2) is 5.48. The van der Waals surface area contributed by atoms with E-state index >= 15 is 0 Å². The maximum atomic E-state index is 13.5. The summed E-state index contributed by atoms with van der Waals surface area (Å²) in [5.41, 5.74) is 0.583. The normalized spacial score (nSPS) is 10.1. The van der Waals surface area contributed by atoms with E-state index in [0.29, 0.717) is 5.69 Å². The number of rotatable bonds is 3. The number of carbonyl (C=O) groups excluding carboxylic acids is 1. The number of hydrogen-bond acceptors (Lipinski definition) is 2. The summed E-state index contributed by atoms with van der Waals surface area (Å²) in [6.07, 6.45) is 0. The maximum absolute atomic E-state index is 13.5. The fourth-order valence-electron chi connectivity index (χ4n) is 1.73. The third-order valence-corrected chi connectivity index (χ3v) is 2.59. The van der Waals surface area contributed by atoms with Crippen LogP contribution in [-0.2, 0) is 0 Å². The van der Waals surface area contributed by atoms with E-state index in [1.54, 1.807) is 6.07 Å². The molecule has 19 heavy (non-hydrogen) atoms. The zero-order chi connectivity index (χ0) is 13.8. The molecule has 0 radical (unpaired) electrons. The Balaban J connectivity index is 2.28. The van der Waals surface area contributed by atoms with Gasteiger partial charge in [-0.05, 0) is 30.3 Å². The minimum absolute atomic E-state index is 0.108. The van der Waals surface area contributed by atoms with Crippen molar-refractivity contribution in [2.75, 3.05) is 17.7 Å². The third-order valence-electron chi connectivity index (χ3n) is 2.59. The van der Waals surface area contributed by atoms with Gasteiger partial charge in [0, 0.05) is 12.7 Å². The topological polar surface area (TPSA) is 41.1 Å². The zero-order valence-electron chi connectivity index (χ0n) is 10.2. The fourth-order valence-corrected chi connectivity index (χ4v) is 1.73. The molecule has 0 saturated carbocycles. The first-order valence-electron chi connectivity index (χ1n) is 5.65. The Morgan fingerprint density at radius 1 is 1.11 bits per heavy atom. The lowest BCUT2D eigenvalue weighted by atomic mass is 10.1. The van der Waals surface area contributed by atoms with E-state index in [2.05, 4.69) is 10.6 Å². The monoisotopic (exact) mass is 262 g/mol. The molecular formula is C14H12F2N2O. The third kappa shape index (κ3) is 2.88. The van der Waals surface area contributed by atoms with Crippen molar-refractivity contribution in [3.05, 3.63) is 59.7 Å². The summed E-state index contributed by atoms with van der Waals surface area (Å²) in [6, 6.07) is 9.69. The lowest BCUT2D eigenvalue weighted by Gasteiger charge is -2.10. The first-order valence-corrected chi connectivity index (χ1v) is 5.65. The highest BCUT2D eigenvalue weighted by Gasteiger charge is 2.14. The van der Waals surface area contributed by atoms with Crippen LogP contribution >= 0.6 is 0 Å². The van der Waals surface area contributed by atoms with Gasteiger partial charge in [0.25, 0.3) is 5.91 Å². The van der Waals surface area contributed by atoms with E-state index in [1.807, 2.05) is 0 Å². The van der Waals surface area contributed by atoms with Crippen molar-refractivity contribution >= 4 is 17.3 Å². The van der Waals surface area contributed by atoms with Crippen LogP contribution in [0.1, 0.15) is 10.4 Å². The van der Waals surface area contributed by atoms with Gasteiger partial charge in [-0.2, -0.15) is 0 Å². The standard InChI is InChI=1S/C14H12F2N2O/c1-17-13-11(6-3-7-12(13)16)14(19)18-10-5-2-4-9(15)8-10/h2-8,17H,1H3,(H,18,19). The molecule has 0 aliphatic heterocycles. The summed E-state index contributed by atoms with van der Waals surface area (Å²) < 4.78 is 26.5. The average Bonchev–Trinajstić information content (AvgIpc) is 2.38. The highest BCUT2D eigenvalue weighted by atomic mass is 19.1. The highest BCUT2D eigenvalue weighted by Crippen LogP contribution is 2.20. The maximum Gasteiger partial charge on any atom is 0.257 e. The summed E-state index contributed by atoms with van der Waals surface area (Å²) in [7, 11) is 1.53. The molecule has 0 fully saturated rings. The summed E-state index contributed by atoms with van der Waals surface area (Å²) in [4.78, 5) is 12.0. The molecule has 5 heteroatoms. The van der Waals surface area contributed by atoms with Crippen LogP contribution in [0, 0.1) is 11.6 Å². The minimum atomic E-state index is -0.519. The van der Waals surface area contributed by atoms with Gasteiger partial charge in [-0.15, -0.1) is 0 Å². The Hall–Kier alpha value is -2.43. The van der Waals surface area contributed by atoms with E-state index in [1.165, 1.54) is 43.4 Å². The van der Waals surface area contributed by atoms with Crippen LogP contribution < -0.4 is 10.6 Å². The van der Waals surface area contributed by atoms with Crippen molar-refractivity contribution in [3.8, 4) is 0 Å². The number of anilines is 2. The Bertz CT molecular complexity index is 614. The zero-order valence-corrected chi connectivity index (χ0v) is 10.2. The van der Waals surface area contributed by atoms with Crippen molar-refractivity contribution in [1.29, 1.82) is 0 Å². The van der Waals surface area contributed by atoms with Crippen LogP contribution in [0.3, 0.4) is 0 Å². The lowest BCUT2D eigenvalue weighted by molar-refractivity contribution is 0.102. The number of nitrogens with one attached hydrogen (secondary N) is 2. The second-order valence-electron chi connectivity index (χ2n) is 3.88. The molecule has 2 rings (SSSR count). The predicted molar refractivity (Wildman–Crippen MR) is 70.3 cm³/mol. The molecule has 0 aromatic heterocycles. The molecule has 2 N–H and O–H groups in total. The average molecular weight is 262 g/mol. The predicted octanol–water partition coefficient (Wildman–Crippen LogP) is 3.26. The Labute approximate surface area is 109 Å². The first kappa shape index (κ1) is 13.0. The van der Waals surface area contributed by atoms with E-state index in [4.69, 9.17) is 0 Å². The molecule has 2 aromatic carbocycles. The Kier molecular flexibility index (Phi) is 3.75. The van der Waals surface area contributed by atoms with Gasteiger partial charge in [0.15, 0.2) is 0 Å². The van der Waals surface area contributed by atoms with Gasteiger partial charge in [0.1, 0.15) is 11.6 Å². The quantitative estimate of drug-likeness (QED) is 0.891. The molecule has 0 heterocycles. The van der Waals surface area contributed by atoms with Gasteiger partial charge in [0.05, 0.1) is 11.3 Å². The molecule has 0 bridgehead atoms. The molecule has 0 unspecified atom stereocenters. The van der Waals surface area contributed by atoms with E-state index < -0.39 is 17.5 Å². The molecule has 1 amide bonds. The molecule has 3 nitrogen and oxygen atoms in total. The number of halogens is 2. The second-order valence-corrected chi connectivity index (χ2v) is 3.88. The molecule has 0 atom stereocenters. The fraction of sp³-hybridized carbons (Fsp3) is 0.0714. The number of hydrogen-bond donors (Lipinski definition) is 2. The first-order chi connectivity index (χ1) is 9.11. The van der Waals surface area contributed by atoms with Crippen LogP contribution in [-0.4, -0.2) is 13.0 Å². The largest absolute Gasteiger partial charge is 0.385 e. The van der Waals surface area contributed by atoms with Gasteiger partial charge in [-0.3, -0.25) is 4.79 Å². The lowest BCUT2D eigenvalue weighted by Crippen LogP contribution is -2.14. The van der Waals surface area contributed by atoms with Crippen molar-refractivity contribution in [3.63, 3.8) is 0 Å². The molecule has 0 saturated heterocycles. The van der Waals surface area contributed by atoms with E-state index in [9.17, 15) is 13.6 Å². The summed E-state index contributed by atoms with van der Waals surface area (Å²) in [5, 5.41) is 5.15. The summed E-state index contributed by atoms with van der Waals surface area (Å²) in [6.45, 7) is 0. The van der Waals surface area contributed by atoms with Gasteiger partial charge < -0.3 is 10.6 Å². The molecule has 0 aliphatic rings. The SMILES string of the molecule is CNc1c(F)cccc1C(=O)Nc1cccc(F)c1. The Morgan fingerprint density at radius 3 is 2.53 bits per heavy atom. The number of carbonyl (C=O) groups is 1. The van der Waals surface area contributed by atoms with Gasteiger partial charge in [-0.1, -0.05) is 12.1 Å². The van der Waals surface area contributed by atoms with Crippen molar-refractivity contribution in [2.24, 2.45) is 0 Å². The van der Waals surface area contributed by atoms with Gasteiger partial charge in [0.2, 0.25) is 0 Å². The molecule has 2 aromatic rings.